The van der Waals surface area contributed by atoms with Crippen LogP contribution in [0.1, 0.15) is 30.4 Å². The summed E-state index contributed by atoms with van der Waals surface area (Å²) in [4.78, 5) is 12.9. The third kappa shape index (κ3) is 3.07. The van der Waals surface area contributed by atoms with Crippen molar-refractivity contribution in [3.8, 4) is 11.5 Å². The zero-order valence-electron chi connectivity index (χ0n) is 13.9. The van der Waals surface area contributed by atoms with Crippen molar-refractivity contribution in [2.24, 2.45) is 0 Å². The van der Waals surface area contributed by atoms with E-state index in [-0.39, 0.29) is 5.91 Å². The molecule has 0 bridgehead atoms. The Labute approximate surface area is 152 Å². The van der Waals surface area contributed by atoms with Crippen LogP contribution >= 0.6 is 11.6 Å². The summed E-state index contributed by atoms with van der Waals surface area (Å²) < 4.78 is 11.1. The molecular weight excluding hydrogens is 338 g/mol. The van der Waals surface area contributed by atoms with Crippen molar-refractivity contribution in [1.29, 1.82) is 0 Å². The van der Waals surface area contributed by atoms with E-state index >= 15 is 0 Å². The molecule has 2 aromatic carbocycles. The highest BCUT2D eigenvalue weighted by molar-refractivity contribution is 6.30. The minimum Gasteiger partial charge on any atom is -0.486 e. The average Bonchev–Trinajstić information content (AvgIpc) is 2.60. The number of hydrogen-bond donors (Lipinski definition) is 1. The SMILES string of the molecule is O=C(NCc1ccc2c(c1)OCCO2)C1(c2ccc(Cl)cc2)CCC1. The van der Waals surface area contributed by atoms with Crippen molar-refractivity contribution < 1.29 is 14.3 Å². The van der Waals surface area contributed by atoms with Crippen molar-refractivity contribution in [2.45, 2.75) is 31.2 Å². The van der Waals surface area contributed by atoms with Gasteiger partial charge in [0.05, 0.1) is 5.41 Å². The van der Waals surface area contributed by atoms with Gasteiger partial charge >= 0.3 is 0 Å². The highest BCUT2D eigenvalue weighted by atomic mass is 35.5. The Kier molecular flexibility index (Phi) is 4.30. The van der Waals surface area contributed by atoms with E-state index in [1.54, 1.807) is 0 Å². The van der Waals surface area contributed by atoms with Crippen LogP contribution in [-0.2, 0) is 16.8 Å². The number of hydrogen-bond acceptors (Lipinski definition) is 3. The first-order valence-corrected chi connectivity index (χ1v) is 8.98. The molecule has 1 fully saturated rings. The minimum absolute atomic E-state index is 0.0796. The maximum absolute atomic E-state index is 12.9. The number of benzene rings is 2. The predicted octanol–water partition coefficient (Wildman–Crippen LogP) is 3.85. The Morgan fingerprint density at radius 3 is 2.44 bits per heavy atom. The van der Waals surface area contributed by atoms with Gasteiger partial charge in [0, 0.05) is 11.6 Å². The largest absolute Gasteiger partial charge is 0.486 e. The van der Waals surface area contributed by atoms with Gasteiger partial charge in [-0.25, -0.2) is 0 Å². The monoisotopic (exact) mass is 357 g/mol. The van der Waals surface area contributed by atoms with Gasteiger partial charge in [0.15, 0.2) is 11.5 Å². The number of fused-ring (bicyclic) bond motifs is 1. The van der Waals surface area contributed by atoms with Crippen LogP contribution in [0.3, 0.4) is 0 Å². The van der Waals surface area contributed by atoms with Crippen LogP contribution in [0, 0.1) is 0 Å². The minimum atomic E-state index is -0.418. The molecular formula is C20H20ClNO3. The average molecular weight is 358 g/mol. The van der Waals surface area contributed by atoms with E-state index in [1.165, 1.54) is 0 Å². The molecule has 4 rings (SSSR count). The molecule has 1 heterocycles. The zero-order chi connectivity index (χ0) is 17.3. The van der Waals surface area contributed by atoms with Crippen LogP contribution in [-0.4, -0.2) is 19.1 Å². The summed E-state index contributed by atoms with van der Waals surface area (Å²) in [6, 6.07) is 13.4. The van der Waals surface area contributed by atoms with Crippen LogP contribution in [0.2, 0.25) is 5.02 Å². The molecule has 2 aliphatic rings. The van der Waals surface area contributed by atoms with E-state index in [4.69, 9.17) is 21.1 Å². The van der Waals surface area contributed by atoms with E-state index < -0.39 is 5.41 Å². The maximum atomic E-state index is 12.9. The lowest BCUT2D eigenvalue weighted by Gasteiger charge is -2.40. The highest BCUT2D eigenvalue weighted by Crippen LogP contribution is 2.44. The normalized spacial score (nSPS) is 17.5. The predicted molar refractivity (Wildman–Crippen MR) is 96.3 cm³/mol. The second-order valence-electron chi connectivity index (χ2n) is 6.60. The lowest BCUT2D eigenvalue weighted by atomic mass is 9.64. The molecule has 1 saturated carbocycles. The number of carbonyl (C=O) groups is 1. The van der Waals surface area contributed by atoms with Crippen molar-refractivity contribution in [3.05, 3.63) is 58.6 Å². The fraction of sp³-hybridized carbons (Fsp3) is 0.350. The number of halogens is 1. The quantitative estimate of drug-likeness (QED) is 0.904. The summed E-state index contributed by atoms with van der Waals surface area (Å²) >= 11 is 5.98. The number of ether oxygens (including phenoxy) is 2. The smallest absolute Gasteiger partial charge is 0.230 e. The molecule has 25 heavy (non-hydrogen) atoms. The van der Waals surface area contributed by atoms with E-state index in [0.29, 0.717) is 24.8 Å². The molecule has 130 valence electrons. The molecule has 5 heteroatoms. The zero-order valence-corrected chi connectivity index (χ0v) is 14.6. The van der Waals surface area contributed by atoms with Crippen LogP contribution in [0.4, 0.5) is 0 Å². The topological polar surface area (TPSA) is 47.6 Å². The number of rotatable bonds is 4. The fourth-order valence-corrected chi connectivity index (χ4v) is 3.62. The summed E-state index contributed by atoms with van der Waals surface area (Å²) in [6.07, 6.45) is 2.82. The standard InChI is InChI=1S/C20H20ClNO3/c21-16-5-3-15(4-6-16)20(8-1-9-20)19(23)22-13-14-2-7-17-18(12-14)25-11-10-24-17/h2-7,12H,1,8-11,13H2,(H,22,23). The van der Waals surface area contributed by atoms with Gasteiger partial charge in [-0.05, 0) is 48.2 Å². The second-order valence-corrected chi connectivity index (χ2v) is 7.04. The summed E-state index contributed by atoms with van der Waals surface area (Å²) in [5.74, 6) is 1.59. The molecule has 1 aliphatic heterocycles. The summed E-state index contributed by atoms with van der Waals surface area (Å²) in [7, 11) is 0. The molecule has 1 N–H and O–H groups in total. The number of amides is 1. The third-order valence-corrected chi connectivity index (χ3v) is 5.35. The van der Waals surface area contributed by atoms with Gasteiger partial charge in [0.1, 0.15) is 13.2 Å². The van der Waals surface area contributed by atoms with Crippen LogP contribution in [0.5, 0.6) is 11.5 Å². The van der Waals surface area contributed by atoms with Crippen LogP contribution < -0.4 is 14.8 Å². The first-order chi connectivity index (χ1) is 12.2. The van der Waals surface area contributed by atoms with Gasteiger partial charge in [0.25, 0.3) is 0 Å². The van der Waals surface area contributed by atoms with Crippen LogP contribution in [0.15, 0.2) is 42.5 Å². The van der Waals surface area contributed by atoms with Crippen molar-refractivity contribution in [2.75, 3.05) is 13.2 Å². The molecule has 4 nitrogen and oxygen atoms in total. The van der Waals surface area contributed by atoms with E-state index in [0.717, 1.165) is 41.9 Å². The molecule has 0 atom stereocenters. The molecule has 0 spiro atoms. The molecule has 2 aromatic rings. The molecule has 0 saturated heterocycles. The molecule has 0 radical (unpaired) electrons. The van der Waals surface area contributed by atoms with E-state index in [9.17, 15) is 4.79 Å². The van der Waals surface area contributed by atoms with E-state index in [1.807, 2.05) is 42.5 Å². The molecule has 0 aromatic heterocycles. The highest BCUT2D eigenvalue weighted by Gasteiger charge is 2.45. The third-order valence-electron chi connectivity index (χ3n) is 5.10. The Morgan fingerprint density at radius 2 is 1.76 bits per heavy atom. The van der Waals surface area contributed by atoms with E-state index in [2.05, 4.69) is 5.32 Å². The Bertz CT molecular complexity index is 784. The van der Waals surface area contributed by atoms with Gasteiger partial charge < -0.3 is 14.8 Å². The van der Waals surface area contributed by atoms with Gasteiger partial charge in [0.2, 0.25) is 5.91 Å². The second kappa shape index (κ2) is 6.60. The Hall–Kier alpha value is -2.20. The Balaban J connectivity index is 1.47. The fourth-order valence-electron chi connectivity index (χ4n) is 3.50. The van der Waals surface area contributed by atoms with Gasteiger partial charge in [-0.3, -0.25) is 4.79 Å². The first kappa shape index (κ1) is 16.3. The lowest BCUT2D eigenvalue weighted by Crippen LogP contribution is -2.48. The van der Waals surface area contributed by atoms with Gasteiger partial charge in [-0.15, -0.1) is 0 Å². The van der Waals surface area contributed by atoms with Crippen molar-refractivity contribution >= 4 is 17.5 Å². The Morgan fingerprint density at radius 1 is 1.04 bits per heavy atom. The summed E-state index contributed by atoms with van der Waals surface area (Å²) in [5.41, 5.74) is 1.63. The van der Waals surface area contributed by atoms with Crippen molar-refractivity contribution in [1.82, 2.24) is 5.32 Å². The van der Waals surface area contributed by atoms with Gasteiger partial charge in [-0.1, -0.05) is 36.2 Å². The van der Waals surface area contributed by atoms with Gasteiger partial charge in [-0.2, -0.15) is 0 Å². The maximum Gasteiger partial charge on any atom is 0.230 e. The molecule has 1 amide bonds. The summed E-state index contributed by atoms with van der Waals surface area (Å²) in [6.45, 7) is 1.61. The van der Waals surface area contributed by atoms with Crippen molar-refractivity contribution in [3.63, 3.8) is 0 Å². The lowest BCUT2D eigenvalue weighted by molar-refractivity contribution is -0.130. The van der Waals surface area contributed by atoms with Crippen LogP contribution in [0.25, 0.3) is 0 Å². The molecule has 0 unspecified atom stereocenters. The number of carbonyl (C=O) groups excluding carboxylic acids is 1. The molecule has 1 aliphatic carbocycles. The number of nitrogens with one attached hydrogen (secondary N) is 1. The summed E-state index contributed by atoms with van der Waals surface area (Å²) in [5, 5.41) is 3.78. The first-order valence-electron chi connectivity index (χ1n) is 8.60.